The first kappa shape index (κ1) is 16.9. The van der Waals surface area contributed by atoms with Crippen LogP contribution in [-0.2, 0) is 10.3 Å². The molecule has 1 aliphatic rings. The second-order valence-corrected chi connectivity index (χ2v) is 6.24. The summed E-state index contributed by atoms with van der Waals surface area (Å²) >= 11 is 5.77. The number of carbonyl (C=O) groups is 2. The van der Waals surface area contributed by atoms with Crippen molar-refractivity contribution >= 4 is 35.1 Å². The standard InChI is InChI=1S/C17H16ClN5O2/c1-17(15(25)23(2)16(19)22-17)10-4-3-5-12(8-10)21-14(24)13-7-6-11(18)9-20-13/h3-9H,1-2H3,(H2,19,22)(H,21,24). The fraction of sp³-hybridized carbons (Fsp3) is 0.176. The molecule has 3 N–H and O–H groups in total. The molecule has 1 unspecified atom stereocenters. The number of rotatable bonds is 3. The van der Waals surface area contributed by atoms with Gasteiger partial charge in [0.25, 0.3) is 11.8 Å². The first-order chi connectivity index (χ1) is 11.8. The van der Waals surface area contributed by atoms with Gasteiger partial charge in [-0.15, -0.1) is 0 Å². The van der Waals surface area contributed by atoms with Crippen molar-refractivity contribution in [1.82, 2.24) is 9.88 Å². The Morgan fingerprint density at radius 3 is 2.68 bits per heavy atom. The van der Waals surface area contributed by atoms with Crippen LogP contribution in [0, 0.1) is 0 Å². The molecule has 1 aromatic carbocycles. The van der Waals surface area contributed by atoms with Crippen molar-refractivity contribution in [3.05, 3.63) is 58.9 Å². The third kappa shape index (κ3) is 3.06. The predicted octanol–water partition coefficient (Wildman–Crippen LogP) is 1.99. The number of aromatic nitrogens is 1. The van der Waals surface area contributed by atoms with Crippen molar-refractivity contribution in [3.8, 4) is 0 Å². The van der Waals surface area contributed by atoms with E-state index in [0.717, 1.165) is 0 Å². The summed E-state index contributed by atoms with van der Waals surface area (Å²) in [6, 6.07) is 10.0. The molecule has 0 aliphatic carbocycles. The minimum absolute atomic E-state index is 0.160. The van der Waals surface area contributed by atoms with Crippen LogP contribution in [-0.4, -0.2) is 34.7 Å². The number of guanidine groups is 1. The van der Waals surface area contributed by atoms with Gasteiger partial charge < -0.3 is 11.1 Å². The first-order valence-corrected chi connectivity index (χ1v) is 7.86. The molecule has 2 amide bonds. The molecule has 25 heavy (non-hydrogen) atoms. The third-order valence-corrected chi connectivity index (χ3v) is 4.27. The van der Waals surface area contributed by atoms with E-state index < -0.39 is 5.54 Å². The number of nitrogens with two attached hydrogens (primary N) is 1. The van der Waals surface area contributed by atoms with Crippen LogP contribution >= 0.6 is 11.6 Å². The lowest BCUT2D eigenvalue weighted by Crippen LogP contribution is -2.38. The lowest BCUT2D eigenvalue weighted by atomic mass is 9.92. The Hall–Kier alpha value is -2.93. The van der Waals surface area contributed by atoms with Crippen molar-refractivity contribution < 1.29 is 9.59 Å². The summed E-state index contributed by atoms with van der Waals surface area (Å²) in [4.78, 5) is 34.3. The van der Waals surface area contributed by atoms with Crippen molar-refractivity contribution in [2.24, 2.45) is 10.7 Å². The number of hydrogen-bond donors (Lipinski definition) is 2. The third-order valence-electron chi connectivity index (χ3n) is 4.05. The van der Waals surface area contributed by atoms with E-state index in [-0.39, 0.29) is 23.5 Å². The number of aliphatic imine (C=N–C) groups is 1. The summed E-state index contributed by atoms with van der Waals surface area (Å²) in [6.45, 7) is 1.69. The number of likely N-dealkylation sites (N-methyl/N-ethyl adjacent to an activating group) is 1. The maximum absolute atomic E-state index is 12.4. The molecule has 3 rings (SSSR count). The zero-order valence-electron chi connectivity index (χ0n) is 13.7. The second kappa shape index (κ2) is 6.18. The Labute approximate surface area is 149 Å². The Kier molecular flexibility index (Phi) is 4.18. The molecule has 0 spiro atoms. The largest absolute Gasteiger partial charge is 0.369 e. The SMILES string of the molecule is CN1C(=O)C(C)(c2cccc(NC(=O)c3ccc(Cl)cn3)c2)N=C1N. The molecule has 1 atom stereocenters. The van der Waals surface area contributed by atoms with Crippen molar-refractivity contribution in [2.45, 2.75) is 12.5 Å². The maximum atomic E-state index is 12.4. The predicted molar refractivity (Wildman–Crippen MR) is 95.4 cm³/mol. The quantitative estimate of drug-likeness (QED) is 0.877. The topological polar surface area (TPSA) is 101 Å². The second-order valence-electron chi connectivity index (χ2n) is 5.80. The summed E-state index contributed by atoms with van der Waals surface area (Å²) in [7, 11) is 1.57. The van der Waals surface area contributed by atoms with Gasteiger partial charge in [-0.05, 0) is 36.8 Å². The summed E-state index contributed by atoms with van der Waals surface area (Å²) in [6.07, 6.45) is 1.40. The number of halogens is 1. The maximum Gasteiger partial charge on any atom is 0.274 e. The van der Waals surface area contributed by atoms with Gasteiger partial charge >= 0.3 is 0 Å². The zero-order chi connectivity index (χ0) is 18.2. The van der Waals surface area contributed by atoms with Gasteiger partial charge in [0.2, 0.25) is 0 Å². The smallest absolute Gasteiger partial charge is 0.274 e. The van der Waals surface area contributed by atoms with Crippen molar-refractivity contribution in [1.29, 1.82) is 0 Å². The Morgan fingerprint density at radius 1 is 1.32 bits per heavy atom. The Balaban J connectivity index is 1.86. The zero-order valence-corrected chi connectivity index (χ0v) is 14.4. The van der Waals surface area contributed by atoms with E-state index in [1.165, 1.54) is 17.2 Å². The van der Waals surface area contributed by atoms with E-state index in [1.807, 2.05) is 0 Å². The van der Waals surface area contributed by atoms with Crippen LogP contribution < -0.4 is 11.1 Å². The van der Waals surface area contributed by atoms with Gasteiger partial charge in [-0.2, -0.15) is 0 Å². The van der Waals surface area contributed by atoms with Crippen LogP contribution in [0.1, 0.15) is 23.0 Å². The van der Waals surface area contributed by atoms with E-state index in [4.69, 9.17) is 17.3 Å². The Morgan fingerprint density at radius 2 is 2.08 bits per heavy atom. The highest BCUT2D eigenvalue weighted by Crippen LogP contribution is 2.33. The Bertz CT molecular complexity index is 881. The summed E-state index contributed by atoms with van der Waals surface area (Å²) < 4.78 is 0. The number of nitrogens with zero attached hydrogens (tertiary/aromatic N) is 3. The number of benzene rings is 1. The van der Waals surface area contributed by atoms with E-state index in [9.17, 15) is 9.59 Å². The summed E-state index contributed by atoms with van der Waals surface area (Å²) in [5, 5.41) is 3.20. The van der Waals surface area contributed by atoms with E-state index >= 15 is 0 Å². The molecular weight excluding hydrogens is 342 g/mol. The fourth-order valence-corrected chi connectivity index (χ4v) is 2.69. The highest BCUT2D eigenvalue weighted by molar-refractivity contribution is 6.30. The first-order valence-electron chi connectivity index (χ1n) is 7.48. The highest BCUT2D eigenvalue weighted by atomic mass is 35.5. The molecule has 8 heteroatoms. The van der Waals surface area contributed by atoms with Gasteiger partial charge in [-0.1, -0.05) is 23.7 Å². The average Bonchev–Trinajstić information content (AvgIpc) is 2.80. The molecule has 2 heterocycles. The van der Waals surface area contributed by atoms with Crippen LogP contribution in [0.2, 0.25) is 5.02 Å². The van der Waals surface area contributed by atoms with E-state index in [2.05, 4.69) is 15.3 Å². The molecule has 0 saturated carbocycles. The highest BCUT2D eigenvalue weighted by Gasteiger charge is 2.43. The number of amides is 2. The van der Waals surface area contributed by atoms with Crippen LogP contribution in [0.4, 0.5) is 5.69 Å². The molecule has 0 bridgehead atoms. The van der Waals surface area contributed by atoms with E-state index in [1.54, 1.807) is 44.3 Å². The van der Waals surface area contributed by atoms with Crippen LogP contribution in [0.25, 0.3) is 0 Å². The van der Waals surface area contributed by atoms with Gasteiger partial charge in [0.15, 0.2) is 11.5 Å². The van der Waals surface area contributed by atoms with Crippen molar-refractivity contribution in [3.63, 3.8) is 0 Å². The summed E-state index contributed by atoms with van der Waals surface area (Å²) in [5.41, 5.74) is 6.03. The number of anilines is 1. The number of nitrogens with one attached hydrogen (secondary N) is 1. The molecule has 7 nitrogen and oxygen atoms in total. The van der Waals surface area contributed by atoms with Gasteiger partial charge in [-0.3, -0.25) is 14.5 Å². The summed E-state index contributed by atoms with van der Waals surface area (Å²) in [5.74, 6) is -0.447. The fourth-order valence-electron chi connectivity index (χ4n) is 2.58. The van der Waals surface area contributed by atoms with Crippen LogP contribution in [0.15, 0.2) is 47.6 Å². The lowest BCUT2D eigenvalue weighted by Gasteiger charge is -2.21. The molecule has 1 aromatic heterocycles. The minimum atomic E-state index is -1.11. The van der Waals surface area contributed by atoms with Gasteiger partial charge in [0, 0.05) is 18.9 Å². The molecule has 128 valence electrons. The van der Waals surface area contributed by atoms with Crippen LogP contribution in [0.3, 0.4) is 0 Å². The van der Waals surface area contributed by atoms with Gasteiger partial charge in [-0.25, -0.2) is 9.98 Å². The van der Waals surface area contributed by atoms with Gasteiger partial charge in [0.05, 0.1) is 5.02 Å². The molecule has 2 aromatic rings. The van der Waals surface area contributed by atoms with E-state index in [0.29, 0.717) is 16.3 Å². The normalized spacial score (nSPS) is 19.7. The number of carbonyl (C=O) groups excluding carboxylic acids is 2. The monoisotopic (exact) mass is 357 g/mol. The molecule has 0 radical (unpaired) electrons. The molecule has 0 fully saturated rings. The lowest BCUT2D eigenvalue weighted by molar-refractivity contribution is -0.130. The number of pyridine rings is 1. The van der Waals surface area contributed by atoms with Crippen LogP contribution in [0.5, 0.6) is 0 Å². The average molecular weight is 358 g/mol. The molecular formula is C17H16ClN5O2. The number of hydrogen-bond acceptors (Lipinski definition) is 5. The van der Waals surface area contributed by atoms with Gasteiger partial charge in [0.1, 0.15) is 5.69 Å². The van der Waals surface area contributed by atoms with Crippen molar-refractivity contribution in [2.75, 3.05) is 12.4 Å². The minimum Gasteiger partial charge on any atom is -0.369 e. The molecule has 1 aliphatic heterocycles. The molecule has 0 saturated heterocycles.